The molecule has 6 heteroatoms. The van der Waals surface area contributed by atoms with Gasteiger partial charge in [0.2, 0.25) is 0 Å². The Morgan fingerprint density at radius 3 is 0.838 bits per heavy atom. The topological polar surface area (TPSA) is 78.9 Å². The van der Waals surface area contributed by atoms with E-state index in [4.69, 9.17) is 14.2 Å². The van der Waals surface area contributed by atoms with Crippen molar-refractivity contribution in [2.45, 2.75) is 329 Å². The van der Waals surface area contributed by atoms with Crippen LogP contribution in [0.2, 0.25) is 0 Å². The van der Waals surface area contributed by atoms with Gasteiger partial charge in [0.25, 0.3) is 0 Å². The van der Waals surface area contributed by atoms with Crippen molar-refractivity contribution >= 4 is 17.9 Å². The Balaban J connectivity index is 4.17. The Morgan fingerprint density at radius 2 is 0.527 bits per heavy atom. The smallest absolute Gasteiger partial charge is 0.306 e. The van der Waals surface area contributed by atoms with Gasteiger partial charge in [0.1, 0.15) is 13.2 Å². The molecule has 1 unspecified atom stereocenters. The monoisotopic (exact) mass is 1030 g/mol. The molecule has 0 saturated heterocycles. The van der Waals surface area contributed by atoms with Crippen LogP contribution in [0.25, 0.3) is 0 Å². The zero-order valence-corrected chi connectivity index (χ0v) is 49.1. The highest BCUT2D eigenvalue weighted by Gasteiger charge is 2.19. The molecule has 0 bridgehead atoms. The maximum atomic E-state index is 12.9. The normalized spacial score (nSPS) is 12.5. The number of allylic oxidation sites excluding steroid dienone is 12. The molecule has 6 nitrogen and oxygen atoms in total. The van der Waals surface area contributed by atoms with Gasteiger partial charge in [-0.3, -0.25) is 14.4 Å². The predicted molar refractivity (Wildman–Crippen MR) is 321 cm³/mol. The van der Waals surface area contributed by atoms with Crippen LogP contribution in [-0.2, 0) is 28.6 Å². The summed E-state index contributed by atoms with van der Waals surface area (Å²) in [5, 5.41) is 0. The van der Waals surface area contributed by atoms with Crippen LogP contribution in [0.15, 0.2) is 72.9 Å². The van der Waals surface area contributed by atoms with Crippen molar-refractivity contribution in [2.75, 3.05) is 13.2 Å². The Hall–Kier alpha value is -3.15. The molecule has 0 amide bonds. The summed E-state index contributed by atoms with van der Waals surface area (Å²) < 4.78 is 16.8. The van der Waals surface area contributed by atoms with Gasteiger partial charge < -0.3 is 14.2 Å². The number of carbonyl (C=O) groups excluding carboxylic acids is 3. The fraction of sp³-hybridized carbons (Fsp3) is 0.779. The maximum Gasteiger partial charge on any atom is 0.306 e. The summed E-state index contributed by atoms with van der Waals surface area (Å²) >= 11 is 0. The van der Waals surface area contributed by atoms with E-state index < -0.39 is 6.10 Å². The Kier molecular flexibility index (Phi) is 59.7. The van der Waals surface area contributed by atoms with Gasteiger partial charge in [0.15, 0.2) is 6.10 Å². The SMILES string of the molecule is CC/C=C\C/C=C\C/C=C\C/C=C\C/C=C\CCCCCCCC(=O)OC(COC(=O)CCCCCCCCCC)COC(=O)CCCCCCCCCCCCCCCCC/C=C\CCCCCCCCCC. The number of unbranched alkanes of at least 4 members (excludes halogenated alkanes) is 35. The molecule has 0 heterocycles. The second-order valence-corrected chi connectivity index (χ2v) is 21.3. The number of rotatable bonds is 58. The van der Waals surface area contributed by atoms with Crippen LogP contribution in [0, 0.1) is 0 Å². The van der Waals surface area contributed by atoms with Crippen molar-refractivity contribution in [1.29, 1.82) is 0 Å². The Bertz CT molecular complexity index is 1370. The zero-order chi connectivity index (χ0) is 53.6. The molecule has 0 aliphatic heterocycles. The maximum absolute atomic E-state index is 12.9. The van der Waals surface area contributed by atoms with E-state index in [1.165, 1.54) is 173 Å². The predicted octanol–water partition coefficient (Wildman–Crippen LogP) is 21.7. The van der Waals surface area contributed by atoms with E-state index >= 15 is 0 Å². The van der Waals surface area contributed by atoms with Crippen LogP contribution in [0.1, 0.15) is 323 Å². The number of hydrogen-bond acceptors (Lipinski definition) is 6. The van der Waals surface area contributed by atoms with Gasteiger partial charge in [-0.15, -0.1) is 0 Å². The van der Waals surface area contributed by atoms with E-state index in [0.29, 0.717) is 19.3 Å². The largest absolute Gasteiger partial charge is 0.462 e. The number of ether oxygens (including phenoxy) is 3. The van der Waals surface area contributed by atoms with Crippen molar-refractivity contribution in [1.82, 2.24) is 0 Å². The number of carbonyl (C=O) groups is 3. The van der Waals surface area contributed by atoms with Crippen LogP contribution in [-0.4, -0.2) is 37.2 Å². The minimum Gasteiger partial charge on any atom is -0.462 e. The van der Waals surface area contributed by atoms with Gasteiger partial charge in [0.05, 0.1) is 0 Å². The molecular weight excluding hydrogens is 913 g/mol. The molecule has 0 fully saturated rings. The Labute approximate surface area is 459 Å². The molecule has 0 aliphatic carbocycles. The molecule has 0 radical (unpaired) electrons. The summed E-state index contributed by atoms with van der Waals surface area (Å²) in [5.74, 6) is -0.891. The van der Waals surface area contributed by atoms with E-state index in [2.05, 4.69) is 93.7 Å². The van der Waals surface area contributed by atoms with Crippen molar-refractivity contribution < 1.29 is 28.6 Å². The molecule has 0 rings (SSSR count). The standard InChI is InChI=1S/C68H120O6/c1-4-7-10-13-16-19-21-23-25-27-29-31-32-33-34-35-36-38-39-41-43-45-47-49-52-55-58-61-67(70)73-64-65(63-72-66(69)60-57-54-51-18-15-12-9-6-3)74-68(71)62-59-56-53-50-48-46-44-42-40-37-30-28-26-24-22-20-17-14-11-8-5-2/h8,11,17,20,24,26-27,29-30,37,42,44,65H,4-7,9-10,12-16,18-19,21-23,25,28,31-36,38-41,43,45-64H2,1-3H3/b11-8-,20-17-,26-24-,29-27-,37-30-,44-42-. The first-order valence-corrected chi connectivity index (χ1v) is 31.9. The first kappa shape index (κ1) is 70.8. The minimum absolute atomic E-state index is 0.0806. The molecular formula is C68H120O6. The van der Waals surface area contributed by atoms with Gasteiger partial charge in [-0.2, -0.15) is 0 Å². The molecule has 0 spiro atoms. The quantitative estimate of drug-likeness (QED) is 0.0261. The third-order valence-electron chi connectivity index (χ3n) is 13.9. The third-order valence-corrected chi connectivity index (χ3v) is 13.9. The van der Waals surface area contributed by atoms with Crippen molar-refractivity contribution in [3.8, 4) is 0 Å². The first-order valence-electron chi connectivity index (χ1n) is 31.9. The van der Waals surface area contributed by atoms with E-state index in [-0.39, 0.29) is 31.1 Å². The van der Waals surface area contributed by atoms with E-state index in [1.54, 1.807) is 0 Å². The average molecular weight is 1030 g/mol. The first-order chi connectivity index (χ1) is 36.5. The van der Waals surface area contributed by atoms with Gasteiger partial charge in [0, 0.05) is 19.3 Å². The lowest BCUT2D eigenvalue weighted by Gasteiger charge is -2.18. The molecule has 0 saturated carbocycles. The van der Waals surface area contributed by atoms with Crippen molar-refractivity contribution in [3.63, 3.8) is 0 Å². The summed E-state index contributed by atoms with van der Waals surface area (Å²) in [6.45, 7) is 6.51. The summed E-state index contributed by atoms with van der Waals surface area (Å²) in [7, 11) is 0. The summed E-state index contributed by atoms with van der Waals surface area (Å²) in [4.78, 5) is 38.1. The van der Waals surface area contributed by atoms with Crippen LogP contribution < -0.4 is 0 Å². The van der Waals surface area contributed by atoms with Crippen molar-refractivity contribution in [2.24, 2.45) is 0 Å². The van der Waals surface area contributed by atoms with Gasteiger partial charge in [-0.25, -0.2) is 0 Å². The van der Waals surface area contributed by atoms with Gasteiger partial charge in [-0.1, -0.05) is 286 Å². The number of esters is 3. The molecule has 0 aliphatic rings. The van der Waals surface area contributed by atoms with Crippen LogP contribution in [0.4, 0.5) is 0 Å². The molecule has 0 aromatic rings. The average Bonchev–Trinajstić information content (AvgIpc) is 3.40. The highest BCUT2D eigenvalue weighted by atomic mass is 16.6. The Morgan fingerprint density at radius 1 is 0.284 bits per heavy atom. The molecule has 0 N–H and O–H groups in total. The van der Waals surface area contributed by atoms with Crippen LogP contribution in [0.3, 0.4) is 0 Å². The molecule has 74 heavy (non-hydrogen) atoms. The third kappa shape index (κ3) is 59.7. The lowest BCUT2D eigenvalue weighted by atomic mass is 10.0. The molecule has 428 valence electrons. The fourth-order valence-electron chi connectivity index (χ4n) is 9.17. The highest BCUT2D eigenvalue weighted by Crippen LogP contribution is 2.17. The van der Waals surface area contributed by atoms with Crippen LogP contribution in [0.5, 0.6) is 0 Å². The molecule has 1 atom stereocenters. The zero-order valence-electron chi connectivity index (χ0n) is 49.1. The van der Waals surface area contributed by atoms with E-state index in [1.807, 2.05) is 0 Å². The summed E-state index contributed by atoms with van der Waals surface area (Å²) in [6, 6.07) is 0. The lowest BCUT2D eigenvalue weighted by Crippen LogP contribution is -2.30. The second-order valence-electron chi connectivity index (χ2n) is 21.3. The summed E-state index contributed by atoms with van der Waals surface area (Å²) in [5.41, 5.74) is 0. The minimum atomic E-state index is -0.783. The van der Waals surface area contributed by atoms with Gasteiger partial charge in [-0.05, 0) is 89.9 Å². The summed E-state index contributed by atoms with van der Waals surface area (Å²) in [6.07, 6.45) is 80.7. The molecule has 0 aromatic heterocycles. The van der Waals surface area contributed by atoms with Gasteiger partial charge >= 0.3 is 17.9 Å². The number of hydrogen-bond donors (Lipinski definition) is 0. The van der Waals surface area contributed by atoms with Crippen molar-refractivity contribution in [3.05, 3.63) is 72.9 Å². The van der Waals surface area contributed by atoms with E-state index in [0.717, 1.165) is 109 Å². The highest BCUT2D eigenvalue weighted by molar-refractivity contribution is 5.71. The second kappa shape index (κ2) is 62.4. The fourth-order valence-corrected chi connectivity index (χ4v) is 9.17. The van der Waals surface area contributed by atoms with E-state index in [9.17, 15) is 14.4 Å². The van der Waals surface area contributed by atoms with Crippen LogP contribution >= 0.6 is 0 Å². The molecule has 0 aromatic carbocycles. The lowest BCUT2D eigenvalue weighted by molar-refractivity contribution is -0.167.